The number of hydrogen-bond acceptors (Lipinski definition) is 2. The Balaban J connectivity index is 2.37. The summed E-state index contributed by atoms with van der Waals surface area (Å²) in [4.78, 5) is 16.4. The van der Waals surface area contributed by atoms with Crippen molar-refractivity contribution in [2.24, 2.45) is 0 Å². The minimum Gasteiger partial charge on any atom is -0.288 e. The molecule has 1 aliphatic carbocycles. The van der Waals surface area contributed by atoms with Gasteiger partial charge < -0.3 is 0 Å². The molecule has 0 bridgehead atoms. The number of halogens is 1. The highest BCUT2D eigenvalue weighted by atomic mass is 35.5. The summed E-state index contributed by atoms with van der Waals surface area (Å²) in [6.07, 6.45) is 1.70. The summed E-state index contributed by atoms with van der Waals surface area (Å²) in [7, 11) is 0. The van der Waals surface area contributed by atoms with E-state index in [-0.39, 0.29) is 5.78 Å². The highest BCUT2D eigenvalue weighted by Gasteiger charge is 2.29. The number of nitrogens with zero attached hydrogens (tertiary/aromatic N) is 1. The van der Waals surface area contributed by atoms with E-state index >= 15 is 0 Å². The number of alkyl halides is 1. The fraction of sp³-hybridized carbons (Fsp3) is 0.0769. The van der Waals surface area contributed by atoms with Crippen molar-refractivity contribution in [1.29, 1.82) is 0 Å². The summed E-state index contributed by atoms with van der Waals surface area (Å²) < 4.78 is 0. The predicted molar refractivity (Wildman–Crippen MR) is 62.7 cm³/mol. The van der Waals surface area contributed by atoms with Gasteiger partial charge in [-0.1, -0.05) is 24.3 Å². The normalized spacial score (nSPS) is 12.4. The van der Waals surface area contributed by atoms with Crippen LogP contribution in [0.5, 0.6) is 0 Å². The van der Waals surface area contributed by atoms with Gasteiger partial charge in [0.05, 0.1) is 11.3 Å². The Bertz CT molecular complexity index is 592. The van der Waals surface area contributed by atoms with Crippen LogP contribution < -0.4 is 0 Å². The molecule has 3 heteroatoms. The first-order valence-electron chi connectivity index (χ1n) is 5.01. The van der Waals surface area contributed by atoms with Crippen molar-refractivity contribution in [2.45, 2.75) is 5.88 Å². The smallest absolute Gasteiger partial charge is 0.196 e. The van der Waals surface area contributed by atoms with Crippen LogP contribution in [0.1, 0.15) is 21.5 Å². The average Bonchev–Trinajstić information content (AvgIpc) is 2.64. The van der Waals surface area contributed by atoms with Crippen LogP contribution >= 0.6 is 11.6 Å². The van der Waals surface area contributed by atoms with Gasteiger partial charge in [-0.2, -0.15) is 0 Å². The second-order valence-electron chi connectivity index (χ2n) is 3.70. The van der Waals surface area contributed by atoms with Crippen LogP contribution in [0.3, 0.4) is 0 Å². The SMILES string of the molecule is O=C1c2ccccc2-c2nccc(CCl)c21. The van der Waals surface area contributed by atoms with Gasteiger partial charge in [0.1, 0.15) is 0 Å². The highest BCUT2D eigenvalue weighted by molar-refractivity contribution is 6.23. The lowest BCUT2D eigenvalue weighted by molar-refractivity contribution is 0.104. The van der Waals surface area contributed by atoms with Crippen molar-refractivity contribution in [3.63, 3.8) is 0 Å². The van der Waals surface area contributed by atoms with Crippen LogP contribution in [0.4, 0.5) is 0 Å². The molecule has 16 heavy (non-hydrogen) atoms. The monoisotopic (exact) mass is 229 g/mol. The molecule has 0 saturated heterocycles. The van der Waals surface area contributed by atoms with E-state index in [1.165, 1.54) is 0 Å². The zero-order valence-electron chi connectivity index (χ0n) is 8.40. The van der Waals surface area contributed by atoms with Crippen molar-refractivity contribution >= 4 is 17.4 Å². The molecule has 0 radical (unpaired) electrons. The van der Waals surface area contributed by atoms with Gasteiger partial charge in [-0.05, 0) is 11.6 Å². The molecule has 1 aromatic carbocycles. The molecule has 1 aromatic heterocycles. The van der Waals surface area contributed by atoms with Gasteiger partial charge in [-0.15, -0.1) is 11.6 Å². The third kappa shape index (κ3) is 1.14. The van der Waals surface area contributed by atoms with Gasteiger partial charge in [0.25, 0.3) is 0 Å². The van der Waals surface area contributed by atoms with Gasteiger partial charge in [0.2, 0.25) is 0 Å². The van der Waals surface area contributed by atoms with Crippen molar-refractivity contribution in [3.8, 4) is 11.3 Å². The third-order valence-electron chi connectivity index (χ3n) is 2.84. The average molecular weight is 230 g/mol. The van der Waals surface area contributed by atoms with Gasteiger partial charge in [-0.25, -0.2) is 0 Å². The molecule has 0 amide bonds. The maximum absolute atomic E-state index is 12.2. The lowest BCUT2D eigenvalue weighted by Crippen LogP contribution is -2.00. The van der Waals surface area contributed by atoms with Crippen LogP contribution in [0, 0.1) is 0 Å². The molecule has 78 valence electrons. The number of rotatable bonds is 1. The van der Waals surface area contributed by atoms with Gasteiger partial charge >= 0.3 is 0 Å². The van der Waals surface area contributed by atoms with E-state index in [0.29, 0.717) is 11.4 Å². The summed E-state index contributed by atoms with van der Waals surface area (Å²) in [6, 6.07) is 9.33. The quantitative estimate of drug-likeness (QED) is 0.601. The predicted octanol–water partition coefficient (Wildman–Crippen LogP) is 3.03. The first-order chi connectivity index (χ1) is 7.83. The Morgan fingerprint density at radius 1 is 1.12 bits per heavy atom. The van der Waals surface area contributed by atoms with Gasteiger partial charge in [0.15, 0.2) is 5.78 Å². The Morgan fingerprint density at radius 2 is 1.88 bits per heavy atom. The number of ketones is 1. The Kier molecular flexibility index (Phi) is 2.04. The van der Waals surface area contributed by atoms with Crippen molar-refractivity contribution in [1.82, 2.24) is 4.98 Å². The van der Waals surface area contributed by atoms with Crippen LogP contribution in [-0.4, -0.2) is 10.8 Å². The third-order valence-corrected chi connectivity index (χ3v) is 3.12. The molecule has 0 atom stereocenters. The molecule has 2 aromatic rings. The summed E-state index contributed by atoms with van der Waals surface area (Å²) >= 11 is 5.84. The molecule has 1 heterocycles. The van der Waals surface area contributed by atoms with Crippen LogP contribution in [-0.2, 0) is 5.88 Å². The molecule has 1 aliphatic rings. The zero-order chi connectivity index (χ0) is 11.1. The van der Waals surface area contributed by atoms with Gasteiger partial charge in [0, 0.05) is 23.2 Å². The fourth-order valence-electron chi connectivity index (χ4n) is 2.09. The zero-order valence-corrected chi connectivity index (χ0v) is 9.16. The summed E-state index contributed by atoms with van der Waals surface area (Å²) in [5.74, 6) is 0.374. The topological polar surface area (TPSA) is 30.0 Å². The largest absolute Gasteiger partial charge is 0.288 e. The molecular formula is C13H8ClNO. The molecule has 0 aliphatic heterocycles. The van der Waals surface area contributed by atoms with E-state index in [1.54, 1.807) is 12.3 Å². The van der Waals surface area contributed by atoms with Crippen molar-refractivity contribution in [2.75, 3.05) is 0 Å². The summed E-state index contributed by atoms with van der Waals surface area (Å²) in [6.45, 7) is 0. The van der Waals surface area contributed by atoms with Gasteiger partial charge in [-0.3, -0.25) is 9.78 Å². The molecule has 0 fully saturated rings. The van der Waals surface area contributed by atoms with E-state index in [1.807, 2.05) is 24.3 Å². The minimum absolute atomic E-state index is 0.0364. The Morgan fingerprint density at radius 3 is 2.62 bits per heavy atom. The van der Waals surface area contributed by atoms with E-state index < -0.39 is 0 Å². The van der Waals surface area contributed by atoms with Crippen molar-refractivity contribution < 1.29 is 4.79 Å². The number of carbonyl (C=O) groups is 1. The van der Waals surface area contributed by atoms with E-state index in [9.17, 15) is 4.79 Å². The number of carbonyl (C=O) groups excluding carboxylic acids is 1. The fourth-order valence-corrected chi connectivity index (χ4v) is 2.32. The van der Waals surface area contributed by atoms with Crippen LogP contribution in [0.15, 0.2) is 36.5 Å². The van der Waals surface area contributed by atoms with Crippen molar-refractivity contribution in [3.05, 3.63) is 53.2 Å². The number of fused-ring (bicyclic) bond motifs is 3. The second-order valence-corrected chi connectivity index (χ2v) is 3.97. The summed E-state index contributed by atoms with van der Waals surface area (Å²) in [5.41, 5.74) is 3.92. The Labute approximate surface area is 97.9 Å². The molecule has 0 N–H and O–H groups in total. The van der Waals surface area contributed by atoms with E-state index in [0.717, 1.165) is 22.4 Å². The lowest BCUT2D eigenvalue weighted by atomic mass is 10.1. The standard InChI is InChI=1S/C13H8ClNO/c14-7-8-5-6-15-12-9-3-1-2-4-10(9)13(16)11(8)12/h1-6H,7H2. The molecule has 3 rings (SSSR count). The van der Waals surface area contributed by atoms with Crippen LogP contribution in [0.25, 0.3) is 11.3 Å². The first kappa shape index (κ1) is 9.55. The molecule has 0 saturated carbocycles. The summed E-state index contributed by atoms with van der Waals surface area (Å²) in [5, 5.41) is 0. The molecule has 2 nitrogen and oxygen atoms in total. The lowest BCUT2D eigenvalue weighted by Gasteiger charge is -2.02. The number of benzene rings is 1. The molecule has 0 unspecified atom stereocenters. The maximum Gasteiger partial charge on any atom is 0.196 e. The Hall–Kier alpha value is -1.67. The first-order valence-corrected chi connectivity index (χ1v) is 5.54. The van der Waals surface area contributed by atoms with E-state index in [2.05, 4.69) is 4.98 Å². The van der Waals surface area contributed by atoms with Crippen LogP contribution in [0.2, 0.25) is 0 Å². The molecular weight excluding hydrogens is 222 g/mol. The number of hydrogen-bond donors (Lipinski definition) is 0. The van der Waals surface area contributed by atoms with E-state index in [4.69, 9.17) is 11.6 Å². The molecule has 0 spiro atoms. The second kappa shape index (κ2) is 3.42. The minimum atomic E-state index is 0.0364. The number of pyridine rings is 1. The highest BCUT2D eigenvalue weighted by Crippen LogP contribution is 2.36. The maximum atomic E-state index is 12.2. The number of aromatic nitrogens is 1.